The van der Waals surface area contributed by atoms with Gasteiger partial charge in [-0.1, -0.05) is 30.1 Å². The zero-order chi connectivity index (χ0) is 24.1. The minimum Gasteiger partial charge on any atom is -0.454 e. The van der Waals surface area contributed by atoms with Gasteiger partial charge in [0.1, 0.15) is 11.8 Å². The number of benzene rings is 2. The molecule has 170 valence electrons. The Morgan fingerprint density at radius 3 is 2.52 bits per heavy atom. The molecule has 1 heterocycles. The zero-order valence-electron chi connectivity index (χ0n) is 17.6. The van der Waals surface area contributed by atoms with E-state index in [2.05, 4.69) is 20.0 Å². The number of primary amides is 1. The zero-order valence-corrected chi connectivity index (χ0v) is 19.1. The van der Waals surface area contributed by atoms with Gasteiger partial charge in [-0.2, -0.15) is 15.5 Å². The second kappa shape index (κ2) is 10.2. The SMILES string of the molecule is CCc1n[nH]c2ccc(Oc3c(Cl)cc(N(CC)N=C(C#N)C(=O)OC(N)=O)cc3Cl)cc12. The highest BCUT2D eigenvalue weighted by Crippen LogP contribution is 2.40. The molecule has 3 N–H and O–H groups in total. The fourth-order valence-corrected chi connectivity index (χ4v) is 3.52. The maximum Gasteiger partial charge on any atom is 0.412 e. The first-order chi connectivity index (χ1) is 15.8. The number of hydrazone groups is 1. The molecule has 0 aliphatic carbocycles. The number of fused-ring (bicyclic) bond motifs is 1. The Morgan fingerprint density at radius 2 is 1.94 bits per heavy atom. The summed E-state index contributed by atoms with van der Waals surface area (Å²) in [6.07, 6.45) is -0.594. The van der Waals surface area contributed by atoms with Gasteiger partial charge in [0, 0.05) is 11.9 Å². The van der Waals surface area contributed by atoms with Crippen LogP contribution in [0.2, 0.25) is 10.0 Å². The Kier molecular flexibility index (Phi) is 7.37. The van der Waals surface area contributed by atoms with Crippen molar-refractivity contribution < 1.29 is 19.1 Å². The summed E-state index contributed by atoms with van der Waals surface area (Å²) in [4.78, 5) is 22.6. The molecule has 3 rings (SSSR count). The number of ether oxygens (including phenoxy) is 2. The van der Waals surface area contributed by atoms with Gasteiger partial charge in [0.2, 0.25) is 5.71 Å². The van der Waals surface area contributed by atoms with E-state index in [4.69, 9.17) is 33.7 Å². The van der Waals surface area contributed by atoms with Crippen molar-refractivity contribution in [1.29, 1.82) is 5.26 Å². The molecule has 33 heavy (non-hydrogen) atoms. The third-order valence-electron chi connectivity index (χ3n) is 4.46. The first kappa shape index (κ1) is 23.8. The number of nitrogens with zero attached hydrogens (tertiary/aromatic N) is 4. The number of anilines is 1. The van der Waals surface area contributed by atoms with Crippen LogP contribution in [-0.2, 0) is 16.0 Å². The standard InChI is InChI=1S/C21H18Cl2N6O4/c1-3-16-13-9-12(5-6-17(13)27-26-16)32-19-14(22)7-11(8-15(19)23)29(4-2)28-18(10-24)20(30)33-21(25)31/h5-9H,3-4H2,1-2H3,(H2,25,31)(H,26,27). The number of esters is 1. The van der Waals surface area contributed by atoms with E-state index in [1.165, 1.54) is 17.1 Å². The number of carbonyl (C=O) groups is 2. The number of aryl methyl sites for hydroxylation is 1. The lowest BCUT2D eigenvalue weighted by molar-refractivity contribution is -0.129. The van der Waals surface area contributed by atoms with E-state index in [1.54, 1.807) is 19.1 Å². The lowest BCUT2D eigenvalue weighted by atomic mass is 10.2. The molecule has 12 heteroatoms. The Balaban J connectivity index is 1.91. The smallest absolute Gasteiger partial charge is 0.412 e. The number of nitrogens with one attached hydrogen (secondary N) is 1. The predicted octanol–water partition coefficient (Wildman–Crippen LogP) is 4.55. The molecule has 1 aromatic heterocycles. The maximum atomic E-state index is 11.8. The largest absolute Gasteiger partial charge is 0.454 e. The molecule has 0 spiro atoms. The Hall–Kier alpha value is -3.81. The summed E-state index contributed by atoms with van der Waals surface area (Å²) in [6.45, 7) is 3.96. The molecule has 0 saturated heterocycles. The average Bonchev–Trinajstić information content (AvgIpc) is 3.18. The molecule has 0 unspecified atom stereocenters. The molecule has 0 fully saturated rings. The Labute approximate surface area is 198 Å². The average molecular weight is 489 g/mol. The van der Waals surface area contributed by atoms with E-state index in [1.807, 2.05) is 19.1 Å². The van der Waals surface area contributed by atoms with Gasteiger partial charge < -0.3 is 15.2 Å². The van der Waals surface area contributed by atoms with Crippen molar-refractivity contribution in [2.24, 2.45) is 10.8 Å². The van der Waals surface area contributed by atoms with Gasteiger partial charge in [-0.25, -0.2) is 9.59 Å². The Morgan fingerprint density at radius 1 is 1.24 bits per heavy atom. The van der Waals surface area contributed by atoms with Crippen LogP contribution in [0.5, 0.6) is 11.5 Å². The van der Waals surface area contributed by atoms with Crippen LogP contribution >= 0.6 is 23.2 Å². The molecule has 0 bridgehead atoms. The topological polar surface area (TPSA) is 147 Å². The van der Waals surface area contributed by atoms with Crippen molar-refractivity contribution in [3.05, 3.63) is 46.1 Å². The quantitative estimate of drug-likeness (QED) is 0.214. The molecular formula is C21H18Cl2N6O4. The van der Waals surface area contributed by atoms with E-state index < -0.39 is 17.8 Å². The molecular weight excluding hydrogens is 471 g/mol. The van der Waals surface area contributed by atoms with E-state index in [0.29, 0.717) is 11.4 Å². The lowest BCUT2D eigenvalue weighted by Crippen LogP contribution is -2.27. The first-order valence-corrected chi connectivity index (χ1v) is 10.4. The van der Waals surface area contributed by atoms with E-state index in [-0.39, 0.29) is 22.3 Å². The van der Waals surface area contributed by atoms with Crippen LogP contribution in [0.4, 0.5) is 10.5 Å². The summed E-state index contributed by atoms with van der Waals surface area (Å²) >= 11 is 12.8. The van der Waals surface area contributed by atoms with Crippen molar-refractivity contribution in [2.45, 2.75) is 20.3 Å². The van der Waals surface area contributed by atoms with Crippen molar-refractivity contribution >= 4 is 57.6 Å². The van der Waals surface area contributed by atoms with E-state index >= 15 is 0 Å². The summed E-state index contributed by atoms with van der Waals surface area (Å²) in [5.74, 6) is -0.542. The number of amides is 1. The number of hydrogen-bond donors (Lipinski definition) is 2. The molecule has 0 radical (unpaired) electrons. The first-order valence-electron chi connectivity index (χ1n) is 9.69. The fourth-order valence-electron chi connectivity index (χ4n) is 2.97. The fraction of sp³-hybridized carbons (Fsp3) is 0.190. The summed E-state index contributed by atoms with van der Waals surface area (Å²) in [6, 6.07) is 10.0. The number of aromatic amines is 1. The van der Waals surface area contributed by atoms with Crippen molar-refractivity contribution in [3.63, 3.8) is 0 Å². The van der Waals surface area contributed by atoms with Crippen molar-refractivity contribution in [3.8, 4) is 17.6 Å². The highest BCUT2D eigenvalue weighted by molar-refractivity contribution is 6.44. The summed E-state index contributed by atoms with van der Waals surface area (Å²) in [5.41, 5.74) is 6.29. The van der Waals surface area contributed by atoms with Crippen LogP contribution < -0.4 is 15.5 Å². The monoisotopic (exact) mass is 488 g/mol. The number of carbonyl (C=O) groups excluding carboxylic acids is 2. The van der Waals surface area contributed by atoms with Crippen LogP contribution in [0.15, 0.2) is 35.4 Å². The molecule has 0 aliphatic rings. The lowest BCUT2D eigenvalue weighted by Gasteiger charge is -2.19. The third-order valence-corrected chi connectivity index (χ3v) is 5.02. The molecule has 0 aliphatic heterocycles. The summed E-state index contributed by atoms with van der Waals surface area (Å²) in [5, 5.41) is 22.9. The number of nitriles is 1. The molecule has 0 atom stereocenters. The highest BCUT2D eigenvalue weighted by atomic mass is 35.5. The second-order valence-electron chi connectivity index (χ2n) is 6.56. The van der Waals surface area contributed by atoms with Crippen LogP contribution in [0, 0.1) is 11.3 Å². The molecule has 3 aromatic rings. The normalized spacial score (nSPS) is 11.2. The third kappa shape index (κ3) is 5.34. The van der Waals surface area contributed by atoms with Crippen LogP contribution in [0.3, 0.4) is 0 Å². The van der Waals surface area contributed by atoms with Gasteiger partial charge in [0.25, 0.3) is 0 Å². The summed E-state index contributed by atoms with van der Waals surface area (Å²) in [7, 11) is 0. The predicted molar refractivity (Wildman–Crippen MR) is 124 cm³/mol. The van der Waals surface area contributed by atoms with Crippen LogP contribution in [0.25, 0.3) is 10.9 Å². The van der Waals surface area contributed by atoms with Gasteiger partial charge in [0.15, 0.2) is 5.75 Å². The minimum absolute atomic E-state index is 0.173. The number of hydrogen-bond acceptors (Lipinski definition) is 8. The van der Waals surface area contributed by atoms with Crippen molar-refractivity contribution in [1.82, 2.24) is 10.2 Å². The highest BCUT2D eigenvalue weighted by Gasteiger charge is 2.19. The number of rotatable bonds is 7. The molecule has 2 aromatic carbocycles. The van der Waals surface area contributed by atoms with E-state index in [9.17, 15) is 14.9 Å². The van der Waals surface area contributed by atoms with Gasteiger partial charge in [0.05, 0.1) is 26.9 Å². The second-order valence-corrected chi connectivity index (χ2v) is 7.37. The summed E-state index contributed by atoms with van der Waals surface area (Å²) < 4.78 is 10.1. The van der Waals surface area contributed by atoms with Crippen LogP contribution in [0.1, 0.15) is 19.5 Å². The number of H-pyrrole nitrogens is 1. The van der Waals surface area contributed by atoms with Gasteiger partial charge in [-0.3, -0.25) is 10.1 Å². The molecule has 0 saturated carbocycles. The number of nitrogens with two attached hydrogens (primary N) is 1. The van der Waals surface area contributed by atoms with Gasteiger partial charge >= 0.3 is 12.1 Å². The van der Waals surface area contributed by atoms with E-state index in [0.717, 1.165) is 23.0 Å². The number of aromatic nitrogens is 2. The number of halogens is 2. The molecule has 10 nitrogen and oxygen atoms in total. The maximum absolute atomic E-state index is 11.8. The minimum atomic E-state index is -1.35. The molecule has 1 amide bonds. The van der Waals surface area contributed by atoms with Crippen molar-refractivity contribution in [2.75, 3.05) is 11.6 Å². The van der Waals surface area contributed by atoms with Gasteiger partial charge in [-0.05, 0) is 43.7 Å². The van der Waals surface area contributed by atoms with Crippen LogP contribution in [-0.4, -0.2) is 34.5 Å². The van der Waals surface area contributed by atoms with Gasteiger partial charge in [-0.15, -0.1) is 0 Å². The Bertz CT molecular complexity index is 1270.